The molecule has 4 heteroatoms. The summed E-state index contributed by atoms with van der Waals surface area (Å²) in [6, 6.07) is 7.68. The minimum Gasteiger partial charge on any atom is -0.228 e. The molecule has 1 unspecified atom stereocenters. The lowest BCUT2D eigenvalue weighted by molar-refractivity contribution is 0.291. The first kappa shape index (κ1) is 16.7. The molecule has 0 aliphatic heterocycles. The third-order valence-electron chi connectivity index (χ3n) is 3.50. The highest BCUT2D eigenvalue weighted by Crippen LogP contribution is 2.29. The lowest BCUT2D eigenvalue weighted by atomic mass is 9.83. The van der Waals surface area contributed by atoms with Crippen molar-refractivity contribution in [2.45, 2.75) is 33.4 Å². The highest BCUT2D eigenvalue weighted by molar-refractivity contribution is 9.09. The number of hydrogen-bond donors (Lipinski definition) is 0. The van der Waals surface area contributed by atoms with E-state index in [0.29, 0.717) is 5.33 Å². The highest BCUT2D eigenvalue weighted by atomic mass is 79.9. The largest absolute Gasteiger partial charge is 0.228 e. The fraction of sp³-hybridized carbons (Fsp3) is 0.600. The van der Waals surface area contributed by atoms with Gasteiger partial charge in [-0.1, -0.05) is 61.0 Å². The predicted octanol–water partition coefficient (Wildman–Crippen LogP) is 3.97. The Morgan fingerprint density at radius 2 is 1.79 bits per heavy atom. The third kappa shape index (κ3) is 5.27. The van der Waals surface area contributed by atoms with E-state index in [1.165, 1.54) is 0 Å². The van der Waals surface area contributed by atoms with Crippen LogP contribution in [0.4, 0.5) is 0 Å². The topological polar surface area (TPSA) is 34.1 Å². The van der Waals surface area contributed by atoms with Crippen LogP contribution in [0.5, 0.6) is 0 Å². The van der Waals surface area contributed by atoms with E-state index < -0.39 is 9.84 Å². The van der Waals surface area contributed by atoms with Crippen molar-refractivity contribution in [3.05, 3.63) is 35.4 Å². The standard InChI is InChI=1S/C15H23BrO2S/c1-12-7-5-6-8-13(12)10-19(17,18)11-14(9-16)15(2,3)4/h5-8,14H,9-11H2,1-4H3. The van der Waals surface area contributed by atoms with E-state index in [1.54, 1.807) is 0 Å². The summed E-state index contributed by atoms with van der Waals surface area (Å²) in [5, 5.41) is 0.712. The average Bonchev–Trinajstić information content (AvgIpc) is 2.27. The van der Waals surface area contributed by atoms with Gasteiger partial charge in [0.25, 0.3) is 0 Å². The molecule has 0 saturated heterocycles. The third-order valence-corrected chi connectivity index (χ3v) is 5.95. The van der Waals surface area contributed by atoms with Gasteiger partial charge in [0, 0.05) is 5.33 Å². The van der Waals surface area contributed by atoms with Crippen molar-refractivity contribution in [1.82, 2.24) is 0 Å². The van der Waals surface area contributed by atoms with Gasteiger partial charge in [-0.25, -0.2) is 8.42 Å². The first-order valence-corrected chi connectivity index (χ1v) is 9.41. The number of benzene rings is 1. The van der Waals surface area contributed by atoms with Crippen molar-refractivity contribution >= 4 is 25.8 Å². The van der Waals surface area contributed by atoms with Crippen molar-refractivity contribution in [2.24, 2.45) is 11.3 Å². The summed E-state index contributed by atoms with van der Waals surface area (Å²) in [7, 11) is -3.08. The van der Waals surface area contributed by atoms with Crippen molar-refractivity contribution < 1.29 is 8.42 Å². The number of rotatable bonds is 5. The van der Waals surface area contributed by atoms with Gasteiger partial charge < -0.3 is 0 Å². The Morgan fingerprint density at radius 1 is 1.21 bits per heavy atom. The maximum Gasteiger partial charge on any atom is 0.154 e. The molecule has 108 valence electrons. The fourth-order valence-corrected chi connectivity index (χ4v) is 5.55. The molecular weight excluding hydrogens is 324 g/mol. The second-order valence-electron chi connectivity index (χ2n) is 6.20. The first-order chi connectivity index (χ1) is 8.65. The monoisotopic (exact) mass is 346 g/mol. The zero-order valence-corrected chi connectivity index (χ0v) is 14.5. The van der Waals surface area contributed by atoms with Gasteiger partial charge in [-0.2, -0.15) is 0 Å². The second-order valence-corrected chi connectivity index (χ2v) is 8.95. The van der Waals surface area contributed by atoms with Crippen molar-refractivity contribution in [3.63, 3.8) is 0 Å². The summed E-state index contributed by atoms with van der Waals surface area (Å²) in [6.45, 7) is 8.21. The lowest BCUT2D eigenvalue weighted by Gasteiger charge is -2.29. The summed E-state index contributed by atoms with van der Waals surface area (Å²) in [6.07, 6.45) is 0. The quantitative estimate of drug-likeness (QED) is 0.756. The molecule has 0 spiro atoms. The molecule has 0 heterocycles. The first-order valence-electron chi connectivity index (χ1n) is 6.46. The molecule has 0 aliphatic carbocycles. The van der Waals surface area contributed by atoms with Crippen LogP contribution < -0.4 is 0 Å². The smallest absolute Gasteiger partial charge is 0.154 e. The summed E-state index contributed by atoms with van der Waals surface area (Å²) < 4.78 is 24.7. The number of alkyl halides is 1. The molecule has 2 nitrogen and oxygen atoms in total. The van der Waals surface area contributed by atoms with Crippen LogP contribution in [0.15, 0.2) is 24.3 Å². The van der Waals surface area contributed by atoms with Gasteiger partial charge in [0.1, 0.15) is 0 Å². The number of hydrogen-bond acceptors (Lipinski definition) is 2. The van der Waals surface area contributed by atoms with Gasteiger partial charge in [0.05, 0.1) is 11.5 Å². The van der Waals surface area contributed by atoms with Crippen LogP contribution in [-0.2, 0) is 15.6 Å². The van der Waals surface area contributed by atoms with Crippen molar-refractivity contribution in [1.29, 1.82) is 0 Å². The van der Waals surface area contributed by atoms with Crippen LogP contribution >= 0.6 is 15.9 Å². The van der Waals surface area contributed by atoms with E-state index in [2.05, 4.69) is 36.7 Å². The van der Waals surface area contributed by atoms with E-state index in [-0.39, 0.29) is 22.8 Å². The van der Waals surface area contributed by atoms with Crippen LogP contribution in [0.25, 0.3) is 0 Å². The highest BCUT2D eigenvalue weighted by Gasteiger charge is 2.29. The molecule has 1 aromatic carbocycles. The van der Waals surface area contributed by atoms with E-state index in [0.717, 1.165) is 11.1 Å². The maximum atomic E-state index is 12.3. The average molecular weight is 347 g/mol. The number of aryl methyl sites for hydroxylation is 1. The Balaban J connectivity index is 2.86. The molecule has 0 radical (unpaired) electrons. The molecule has 0 fully saturated rings. The van der Waals surface area contributed by atoms with E-state index in [4.69, 9.17) is 0 Å². The minimum atomic E-state index is -3.08. The van der Waals surface area contributed by atoms with Crippen molar-refractivity contribution in [3.8, 4) is 0 Å². The van der Waals surface area contributed by atoms with Gasteiger partial charge in [0.15, 0.2) is 9.84 Å². The fourth-order valence-electron chi connectivity index (χ4n) is 1.90. The number of sulfone groups is 1. The van der Waals surface area contributed by atoms with Crippen LogP contribution in [0.1, 0.15) is 31.9 Å². The molecule has 0 amide bonds. The second kappa shape index (κ2) is 6.40. The maximum absolute atomic E-state index is 12.3. The zero-order chi connectivity index (χ0) is 14.7. The van der Waals surface area contributed by atoms with Gasteiger partial charge in [-0.15, -0.1) is 0 Å². The minimum absolute atomic E-state index is 0.0116. The molecule has 19 heavy (non-hydrogen) atoms. The Morgan fingerprint density at radius 3 is 2.26 bits per heavy atom. The SMILES string of the molecule is Cc1ccccc1CS(=O)(=O)CC(CBr)C(C)(C)C. The normalized spacial score (nSPS) is 14.4. The van der Waals surface area contributed by atoms with E-state index in [1.807, 2.05) is 31.2 Å². The summed E-state index contributed by atoms with van der Waals surface area (Å²) in [5.74, 6) is 0.497. The summed E-state index contributed by atoms with van der Waals surface area (Å²) >= 11 is 3.44. The molecule has 1 rings (SSSR count). The summed E-state index contributed by atoms with van der Waals surface area (Å²) in [4.78, 5) is 0. The van der Waals surface area contributed by atoms with Gasteiger partial charge in [-0.3, -0.25) is 0 Å². The summed E-state index contributed by atoms with van der Waals surface area (Å²) in [5.41, 5.74) is 1.93. The van der Waals surface area contributed by atoms with Crippen LogP contribution in [0.2, 0.25) is 0 Å². The van der Waals surface area contributed by atoms with Crippen LogP contribution in [0.3, 0.4) is 0 Å². The molecule has 0 bridgehead atoms. The lowest BCUT2D eigenvalue weighted by Crippen LogP contribution is -2.30. The molecule has 0 aromatic heterocycles. The molecule has 0 saturated carbocycles. The Bertz CT molecular complexity index is 515. The molecule has 0 aliphatic rings. The zero-order valence-electron chi connectivity index (χ0n) is 12.1. The molecular formula is C15H23BrO2S. The Hall–Kier alpha value is -0.350. The van der Waals surface area contributed by atoms with E-state index in [9.17, 15) is 8.42 Å². The predicted molar refractivity (Wildman–Crippen MR) is 85.4 cm³/mol. The number of halogens is 1. The molecule has 0 N–H and O–H groups in total. The van der Waals surface area contributed by atoms with Gasteiger partial charge in [-0.05, 0) is 29.4 Å². The van der Waals surface area contributed by atoms with Crippen LogP contribution in [0, 0.1) is 18.3 Å². The Kier molecular flexibility index (Phi) is 5.63. The van der Waals surface area contributed by atoms with Gasteiger partial charge >= 0.3 is 0 Å². The van der Waals surface area contributed by atoms with Gasteiger partial charge in [0.2, 0.25) is 0 Å². The molecule has 1 aromatic rings. The van der Waals surface area contributed by atoms with Crippen LogP contribution in [-0.4, -0.2) is 19.5 Å². The molecule has 1 atom stereocenters. The van der Waals surface area contributed by atoms with Crippen molar-refractivity contribution in [2.75, 3.05) is 11.1 Å². The Labute approximate surface area is 125 Å². The van der Waals surface area contributed by atoms with E-state index >= 15 is 0 Å².